The van der Waals surface area contributed by atoms with Crippen LogP contribution in [0.5, 0.6) is 0 Å². The second kappa shape index (κ2) is 8.25. The fourth-order valence-corrected chi connectivity index (χ4v) is 3.69. The predicted octanol–water partition coefficient (Wildman–Crippen LogP) is 1.31. The van der Waals surface area contributed by atoms with Crippen molar-refractivity contribution < 1.29 is 17.6 Å². The Hall–Kier alpha value is -1.51. The lowest BCUT2D eigenvalue weighted by Crippen LogP contribution is -2.49. The third-order valence-electron chi connectivity index (χ3n) is 4.68. The average molecular weight is 371 g/mol. The fourth-order valence-electron chi connectivity index (χ4n) is 2.89. The van der Waals surface area contributed by atoms with Crippen molar-refractivity contribution in [2.24, 2.45) is 0 Å². The minimum absolute atomic E-state index is 0.0000363. The number of benzene rings is 1. The fraction of sp³-hybridized carbons (Fsp3) is 0.588. The van der Waals surface area contributed by atoms with Gasteiger partial charge < -0.3 is 4.90 Å². The molecule has 0 spiro atoms. The maximum Gasteiger partial charge on any atom is 0.223 e. The number of halogens is 1. The van der Waals surface area contributed by atoms with E-state index in [2.05, 4.69) is 4.90 Å². The molecule has 1 aromatic carbocycles. The zero-order valence-electron chi connectivity index (χ0n) is 15.0. The molecule has 1 unspecified atom stereocenters. The van der Waals surface area contributed by atoms with Crippen LogP contribution in [0.4, 0.5) is 4.39 Å². The number of carbonyl (C=O) groups is 1. The minimum Gasteiger partial charge on any atom is -0.340 e. The molecule has 140 valence electrons. The van der Waals surface area contributed by atoms with Crippen molar-refractivity contribution in [2.45, 2.75) is 19.4 Å². The van der Waals surface area contributed by atoms with Crippen LogP contribution < -0.4 is 0 Å². The SMILES string of the molecule is CC(c1cccc(F)c1)N1CCN(C(=O)CCS(=O)(=O)N(C)C)CC1. The number of carbonyl (C=O) groups excluding carboxylic acids is 1. The third kappa shape index (κ3) is 5.23. The minimum atomic E-state index is -3.36. The lowest BCUT2D eigenvalue weighted by Gasteiger charge is -2.38. The number of nitrogens with zero attached hydrogens (tertiary/aromatic N) is 3. The molecule has 0 N–H and O–H groups in total. The highest BCUT2D eigenvalue weighted by molar-refractivity contribution is 7.89. The first kappa shape index (κ1) is 19.8. The van der Waals surface area contributed by atoms with Crippen LogP contribution in [0.1, 0.15) is 24.9 Å². The van der Waals surface area contributed by atoms with Gasteiger partial charge in [0.05, 0.1) is 5.75 Å². The molecule has 1 fully saturated rings. The van der Waals surface area contributed by atoms with E-state index in [0.717, 1.165) is 9.87 Å². The summed E-state index contributed by atoms with van der Waals surface area (Å²) in [5, 5.41) is 0. The van der Waals surface area contributed by atoms with E-state index in [1.54, 1.807) is 11.0 Å². The quantitative estimate of drug-likeness (QED) is 0.757. The molecule has 1 atom stereocenters. The topological polar surface area (TPSA) is 60.9 Å². The number of hydrogen-bond acceptors (Lipinski definition) is 4. The second-order valence-corrected chi connectivity index (χ2v) is 8.80. The summed E-state index contributed by atoms with van der Waals surface area (Å²) >= 11 is 0. The Balaban J connectivity index is 1.86. The molecular weight excluding hydrogens is 345 g/mol. The van der Waals surface area contributed by atoms with E-state index in [4.69, 9.17) is 0 Å². The van der Waals surface area contributed by atoms with E-state index in [0.29, 0.717) is 26.2 Å². The summed E-state index contributed by atoms with van der Waals surface area (Å²) < 4.78 is 38.0. The first-order chi connectivity index (χ1) is 11.7. The molecule has 0 saturated carbocycles. The monoisotopic (exact) mass is 371 g/mol. The second-order valence-electron chi connectivity index (χ2n) is 6.50. The lowest BCUT2D eigenvalue weighted by molar-refractivity contribution is -0.132. The van der Waals surface area contributed by atoms with Crippen molar-refractivity contribution in [1.82, 2.24) is 14.1 Å². The summed E-state index contributed by atoms with van der Waals surface area (Å²) in [4.78, 5) is 16.1. The predicted molar refractivity (Wildman–Crippen MR) is 95.1 cm³/mol. The number of sulfonamides is 1. The third-order valence-corrected chi connectivity index (χ3v) is 6.51. The summed E-state index contributed by atoms with van der Waals surface area (Å²) in [6.07, 6.45) is -0.0000363. The molecule has 6 nitrogen and oxygen atoms in total. The van der Waals surface area contributed by atoms with Crippen molar-refractivity contribution in [2.75, 3.05) is 46.0 Å². The van der Waals surface area contributed by atoms with Crippen molar-refractivity contribution in [3.63, 3.8) is 0 Å². The van der Waals surface area contributed by atoms with Crippen LogP contribution >= 0.6 is 0 Å². The zero-order chi connectivity index (χ0) is 18.6. The van der Waals surface area contributed by atoms with Gasteiger partial charge in [-0.05, 0) is 24.6 Å². The number of piperazine rings is 1. The summed E-state index contributed by atoms with van der Waals surface area (Å²) in [5.41, 5.74) is 0.914. The van der Waals surface area contributed by atoms with E-state index in [9.17, 15) is 17.6 Å². The van der Waals surface area contributed by atoms with Gasteiger partial charge in [0.2, 0.25) is 15.9 Å². The van der Waals surface area contributed by atoms with Gasteiger partial charge in [-0.3, -0.25) is 9.69 Å². The van der Waals surface area contributed by atoms with Crippen LogP contribution in [0.25, 0.3) is 0 Å². The number of rotatable bonds is 6. The van der Waals surface area contributed by atoms with Gasteiger partial charge in [-0.15, -0.1) is 0 Å². The first-order valence-corrected chi connectivity index (χ1v) is 9.99. The number of hydrogen-bond donors (Lipinski definition) is 0. The van der Waals surface area contributed by atoms with Crippen LogP contribution in [0.2, 0.25) is 0 Å². The smallest absolute Gasteiger partial charge is 0.223 e. The van der Waals surface area contributed by atoms with E-state index in [-0.39, 0.29) is 29.9 Å². The Bertz CT molecular complexity index is 701. The molecule has 1 amide bonds. The van der Waals surface area contributed by atoms with Crippen LogP contribution in [-0.4, -0.2) is 74.5 Å². The lowest BCUT2D eigenvalue weighted by atomic mass is 10.1. The van der Waals surface area contributed by atoms with Crippen LogP contribution in [0.15, 0.2) is 24.3 Å². The Labute approximate surface area is 149 Å². The Morgan fingerprint density at radius 1 is 1.24 bits per heavy atom. The summed E-state index contributed by atoms with van der Waals surface area (Å²) in [6, 6.07) is 6.63. The molecule has 0 bridgehead atoms. The van der Waals surface area contributed by atoms with Gasteiger partial charge >= 0.3 is 0 Å². The molecule has 1 aliphatic heterocycles. The van der Waals surface area contributed by atoms with Gasteiger partial charge in [-0.2, -0.15) is 0 Å². The number of amides is 1. The Morgan fingerprint density at radius 3 is 2.44 bits per heavy atom. The maximum atomic E-state index is 13.4. The van der Waals surface area contributed by atoms with Gasteiger partial charge in [0.25, 0.3) is 0 Å². The first-order valence-electron chi connectivity index (χ1n) is 8.38. The molecule has 8 heteroatoms. The van der Waals surface area contributed by atoms with Crippen molar-refractivity contribution in [3.8, 4) is 0 Å². The standard InChI is InChI=1S/C17H26FN3O3S/c1-14(15-5-4-6-16(18)13-15)20-8-10-21(11-9-20)17(22)7-12-25(23,24)19(2)3/h4-6,13-14H,7-12H2,1-3H3. The van der Waals surface area contributed by atoms with Crippen LogP contribution in [-0.2, 0) is 14.8 Å². The molecule has 0 aliphatic carbocycles. The highest BCUT2D eigenvalue weighted by atomic mass is 32.2. The molecule has 2 rings (SSSR count). The molecule has 1 saturated heterocycles. The van der Waals surface area contributed by atoms with Gasteiger partial charge in [0, 0.05) is 52.7 Å². The van der Waals surface area contributed by atoms with Gasteiger partial charge in [0.1, 0.15) is 5.82 Å². The van der Waals surface area contributed by atoms with Crippen LogP contribution in [0.3, 0.4) is 0 Å². The van der Waals surface area contributed by atoms with E-state index < -0.39 is 10.0 Å². The highest BCUT2D eigenvalue weighted by Crippen LogP contribution is 2.22. The van der Waals surface area contributed by atoms with Gasteiger partial charge in [-0.25, -0.2) is 17.1 Å². The summed E-state index contributed by atoms with van der Waals surface area (Å²) in [5.74, 6) is -0.553. The molecule has 0 aromatic heterocycles. The highest BCUT2D eigenvalue weighted by Gasteiger charge is 2.26. The van der Waals surface area contributed by atoms with Crippen molar-refractivity contribution in [3.05, 3.63) is 35.6 Å². The maximum absolute atomic E-state index is 13.4. The Kier molecular flexibility index (Phi) is 6.53. The molecule has 0 radical (unpaired) electrons. The molecule has 1 heterocycles. The normalized spacial score (nSPS) is 17.7. The molecule has 25 heavy (non-hydrogen) atoms. The van der Waals surface area contributed by atoms with Gasteiger partial charge in [0.15, 0.2) is 0 Å². The summed E-state index contributed by atoms with van der Waals surface area (Å²) in [7, 11) is -0.427. The molecule has 1 aliphatic rings. The van der Waals surface area contributed by atoms with E-state index in [1.165, 1.54) is 26.2 Å². The van der Waals surface area contributed by atoms with Crippen molar-refractivity contribution >= 4 is 15.9 Å². The molecular formula is C17H26FN3O3S. The zero-order valence-corrected chi connectivity index (χ0v) is 15.8. The average Bonchev–Trinajstić information content (AvgIpc) is 2.59. The van der Waals surface area contributed by atoms with Gasteiger partial charge in [-0.1, -0.05) is 12.1 Å². The molecule has 1 aromatic rings. The Morgan fingerprint density at radius 2 is 1.88 bits per heavy atom. The van der Waals surface area contributed by atoms with Crippen molar-refractivity contribution in [1.29, 1.82) is 0 Å². The van der Waals surface area contributed by atoms with Crippen LogP contribution in [0, 0.1) is 5.82 Å². The van der Waals surface area contributed by atoms with E-state index >= 15 is 0 Å². The summed E-state index contributed by atoms with van der Waals surface area (Å²) in [6.45, 7) is 4.50. The largest absolute Gasteiger partial charge is 0.340 e. The van der Waals surface area contributed by atoms with E-state index in [1.807, 2.05) is 13.0 Å².